The third kappa shape index (κ3) is 16.5. The van der Waals surface area contributed by atoms with Crippen molar-refractivity contribution in [2.24, 2.45) is 5.92 Å². The first-order valence-electron chi connectivity index (χ1n) is 23.1. The van der Waals surface area contributed by atoms with Crippen LogP contribution in [0.3, 0.4) is 0 Å². The molecule has 27 nitrogen and oxygen atoms in total. The predicted octanol–water partition coefficient (Wildman–Crippen LogP) is 0.937. The number of nitro groups is 2. The minimum atomic E-state index is -5.33. The summed E-state index contributed by atoms with van der Waals surface area (Å²) in [5.74, 6) is -5.50. The number of carbonyl (C=O) groups excluding carboxylic acids is 5. The first-order chi connectivity index (χ1) is 35.1. The molecule has 2 aromatic rings. The van der Waals surface area contributed by atoms with E-state index in [0.717, 1.165) is 24.3 Å². The summed E-state index contributed by atoms with van der Waals surface area (Å²) >= 11 is 0. The van der Waals surface area contributed by atoms with Crippen molar-refractivity contribution in [2.75, 3.05) is 26.7 Å². The number of carbonyl (C=O) groups is 5. The minimum absolute atomic E-state index is 0.252. The molecule has 10 N–H and O–H groups in total. The molecule has 0 radical (unpaired) electrons. The fourth-order valence-corrected chi connectivity index (χ4v) is 8.42. The second kappa shape index (κ2) is 25.0. The Morgan fingerprint density at radius 2 is 1.37 bits per heavy atom. The number of amides is 5. The first-order valence-corrected chi connectivity index (χ1v) is 23.1. The predicted molar refractivity (Wildman–Crippen MR) is 247 cm³/mol. The summed E-state index contributed by atoms with van der Waals surface area (Å²) < 4.78 is 74.1. The van der Waals surface area contributed by atoms with Crippen molar-refractivity contribution in [1.82, 2.24) is 31.9 Å². The van der Waals surface area contributed by atoms with E-state index in [0.29, 0.717) is 5.56 Å². The van der Waals surface area contributed by atoms with Crippen LogP contribution in [0.25, 0.3) is 0 Å². The van der Waals surface area contributed by atoms with E-state index in [-0.39, 0.29) is 29.1 Å². The van der Waals surface area contributed by atoms with Crippen molar-refractivity contribution in [2.45, 2.75) is 132 Å². The van der Waals surface area contributed by atoms with Crippen LogP contribution in [-0.4, -0.2) is 165 Å². The molecule has 5 rings (SSSR count). The van der Waals surface area contributed by atoms with Gasteiger partial charge in [-0.15, -0.1) is 0 Å². The molecule has 0 aromatic heterocycles. The third-order valence-corrected chi connectivity index (χ3v) is 12.0. The summed E-state index contributed by atoms with van der Waals surface area (Å²) in [5, 5.41) is 82.8. The molecule has 75 heavy (non-hydrogen) atoms. The number of nitro benzene ring substituents is 2. The molecule has 0 bridgehead atoms. The quantitative estimate of drug-likeness (QED) is 0.0564. The van der Waals surface area contributed by atoms with Crippen LogP contribution in [0, 0.1) is 26.1 Å². The Bertz CT molecular complexity index is 2390. The number of likely N-dealkylation sites (N-methyl/N-ethyl adjacent to an activating group) is 1. The van der Waals surface area contributed by atoms with Crippen LogP contribution in [0.2, 0.25) is 0 Å². The molecule has 0 spiro atoms. The summed E-state index contributed by atoms with van der Waals surface area (Å²) in [5.41, 5.74) is -2.60. The summed E-state index contributed by atoms with van der Waals surface area (Å²) in [6.45, 7) is 3.03. The Balaban J connectivity index is 1.54. The van der Waals surface area contributed by atoms with Gasteiger partial charge < -0.3 is 80.7 Å². The summed E-state index contributed by atoms with van der Waals surface area (Å²) in [6.07, 6.45) is -19.3. The number of alkyl halides is 3. The van der Waals surface area contributed by atoms with E-state index in [1.54, 1.807) is 26.1 Å². The number of rotatable bonds is 18. The number of benzene rings is 2. The lowest BCUT2D eigenvalue weighted by Crippen LogP contribution is -2.70. The average Bonchev–Trinajstić information content (AvgIpc) is 3.32. The molecule has 2 aromatic carbocycles. The highest BCUT2D eigenvalue weighted by molar-refractivity contribution is 5.82. The highest BCUT2D eigenvalue weighted by atomic mass is 19.4. The Labute approximate surface area is 425 Å². The summed E-state index contributed by atoms with van der Waals surface area (Å²) in [4.78, 5) is 86.4. The van der Waals surface area contributed by atoms with Gasteiger partial charge in [0.25, 0.3) is 17.3 Å². The molecule has 30 heteroatoms. The Morgan fingerprint density at radius 1 is 0.827 bits per heavy atom. The van der Waals surface area contributed by atoms with Crippen molar-refractivity contribution >= 4 is 41.5 Å². The molecule has 1 saturated carbocycles. The normalized spacial score (nSPS) is 27.2. The maximum absolute atomic E-state index is 13.8. The van der Waals surface area contributed by atoms with Crippen LogP contribution in [0.5, 0.6) is 0 Å². The maximum atomic E-state index is 13.8. The van der Waals surface area contributed by atoms with E-state index < -0.39 is 164 Å². The van der Waals surface area contributed by atoms with Gasteiger partial charge in [0, 0.05) is 36.2 Å². The molecule has 2 aliphatic heterocycles. The Morgan fingerprint density at radius 3 is 1.88 bits per heavy atom. The van der Waals surface area contributed by atoms with Crippen LogP contribution < -0.4 is 31.9 Å². The molecule has 12 atom stereocenters. The van der Waals surface area contributed by atoms with Crippen LogP contribution >= 0.6 is 0 Å². The lowest BCUT2D eigenvalue weighted by Gasteiger charge is -2.51. The van der Waals surface area contributed by atoms with E-state index in [4.69, 9.17) is 28.4 Å². The third-order valence-electron chi connectivity index (χ3n) is 12.0. The lowest BCUT2D eigenvalue weighted by molar-refractivity contribution is -0.385. The van der Waals surface area contributed by atoms with Gasteiger partial charge >= 0.3 is 30.4 Å². The fraction of sp³-hybridized carbons (Fsp3) is 0.578. The molecule has 3 aliphatic rings. The highest BCUT2D eigenvalue weighted by Gasteiger charge is 2.55. The average molecular weight is 1070 g/mol. The molecular formula is C45H59F3N8O19. The monoisotopic (exact) mass is 1070 g/mol. The van der Waals surface area contributed by atoms with E-state index in [1.807, 2.05) is 0 Å². The largest absolute Gasteiger partial charge is 0.491 e. The van der Waals surface area contributed by atoms with Gasteiger partial charge in [0.1, 0.15) is 54.6 Å². The Kier molecular flexibility index (Phi) is 19.7. The molecule has 1 saturated heterocycles. The molecule has 2 heterocycles. The van der Waals surface area contributed by atoms with E-state index in [2.05, 4.69) is 26.6 Å². The number of ether oxygens (including phenoxy) is 6. The number of nitrogens with one attached hydrogen (secondary N) is 6. The fourth-order valence-electron chi connectivity index (χ4n) is 8.42. The second-order valence-electron chi connectivity index (χ2n) is 18.9. The number of nitrogens with zero attached hydrogens (tertiary/aromatic N) is 2. The number of non-ortho nitro benzene ring substituents is 2. The van der Waals surface area contributed by atoms with Gasteiger partial charge in [0.2, 0.25) is 0 Å². The molecule has 5 amide bonds. The smallest absolute Gasteiger partial charge is 0.471 e. The Hall–Kier alpha value is -6.96. The summed E-state index contributed by atoms with van der Waals surface area (Å²) in [7, 11) is 1.41. The van der Waals surface area contributed by atoms with Crippen molar-refractivity contribution in [1.29, 1.82) is 0 Å². The summed E-state index contributed by atoms with van der Waals surface area (Å²) in [6, 6.07) is 4.31. The second-order valence-corrected chi connectivity index (χ2v) is 18.9. The van der Waals surface area contributed by atoms with E-state index in [9.17, 15) is 77.8 Å². The first kappa shape index (κ1) is 58.9. The van der Waals surface area contributed by atoms with Crippen molar-refractivity contribution in [3.8, 4) is 0 Å². The molecule has 414 valence electrons. The topological polar surface area (TPSA) is 380 Å². The minimum Gasteiger partial charge on any atom is -0.491 e. The van der Waals surface area contributed by atoms with Crippen molar-refractivity contribution in [3.05, 3.63) is 91.7 Å². The van der Waals surface area contributed by atoms with E-state index >= 15 is 0 Å². The number of alkyl carbamates (subject to hydrolysis) is 3. The standard InChI is InChI=1S/C45H59F3N8O19/c1-43(2,3)75-40(62)51-18-30(57)37(60)52-29-16-28(54-42(64)71-20-23-8-12-25(13-9-23)56(68)69)31(32(58)35(29)74-38-33(59)36(49-5)44(4,65)21-72-38)34-27(15-14-26(73-34)17-50-39(61)45(46,47)48)53-41(63)70-19-22-6-10-24(11-7-22)55(66)67/h6-14,27-36,38,49,57-59,65H,15-21H2,1-5H3,(H,50,61)(H,51,62)(H,52,60)(H,53,63)(H,54,64)/t27-,28+,29-,30-,31?,32+,33-,34?,35+,36-,38-,44+/m1/s1. The number of hydrogen-bond acceptors (Lipinski definition) is 20. The van der Waals surface area contributed by atoms with Crippen LogP contribution in [-0.2, 0) is 51.2 Å². The SMILES string of the molecule is CN[C@@H]1[C@@H](O)[C@@H](O[C@H]2[C@H](NC(=O)[C@H](O)CNC(=O)OC(C)(C)C)C[C@H](NC(=O)OCc3ccc([N+](=O)[O-])cc3)C(C3OC(CNC(=O)C(F)(F)F)=CC[C@H]3NC(=O)OCc3ccc([N+](=O)[O-])cc3)[C@@H]2O)OC[C@]1(C)O. The molecular weight excluding hydrogens is 1010 g/mol. The van der Waals surface area contributed by atoms with Crippen LogP contribution in [0.4, 0.5) is 38.9 Å². The van der Waals surface area contributed by atoms with Gasteiger partial charge in [-0.2, -0.15) is 13.2 Å². The number of halogens is 3. The highest BCUT2D eigenvalue weighted by Crippen LogP contribution is 2.38. The van der Waals surface area contributed by atoms with Gasteiger partial charge in [0.05, 0.1) is 53.8 Å². The van der Waals surface area contributed by atoms with Crippen molar-refractivity contribution < 1.29 is 95.8 Å². The number of aliphatic hydroxyl groups is 4. The molecule has 1 aliphatic carbocycles. The number of hydrogen-bond donors (Lipinski definition) is 10. The van der Waals surface area contributed by atoms with E-state index in [1.165, 1.54) is 44.3 Å². The van der Waals surface area contributed by atoms with Crippen molar-refractivity contribution in [3.63, 3.8) is 0 Å². The zero-order chi connectivity index (χ0) is 55.6. The molecule has 2 unspecified atom stereocenters. The van der Waals surface area contributed by atoms with Gasteiger partial charge in [-0.3, -0.25) is 29.8 Å². The van der Waals surface area contributed by atoms with Gasteiger partial charge in [-0.05, 0) is 89.1 Å². The zero-order valence-electron chi connectivity index (χ0n) is 40.9. The van der Waals surface area contributed by atoms with Gasteiger partial charge in [0.15, 0.2) is 6.29 Å². The van der Waals surface area contributed by atoms with Gasteiger partial charge in [-0.1, -0.05) is 0 Å². The maximum Gasteiger partial charge on any atom is 0.471 e. The van der Waals surface area contributed by atoms with Crippen LogP contribution in [0.15, 0.2) is 60.4 Å². The van der Waals surface area contributed by atoms with Gasteiger partial charge in [-0.25, -0.2) is 14.4 Å². The zero-order valence-corrected chi connectivity index (χ0v) is 40.9. The van der Waals surface area contributed by atoms with Crippen LogP contribution in [0.1, 0.15) is 51.7 Å². The number of aliphatic hydroxyl groups excluding tert-OH is 3. The molecule has 2 fully saturated rings. The lowest BCUT2D eigenvalue weighted by atomic mass is 9.72.